The average molecular weight is 374 g/mol. The van der Waals surface area contributed by atoms with Gasteiger partial charge in [0.25, 0.3) is 5.91 Å². The van der Waals surface area contributed by atoms with Crippen LogP contribution in [0.4, 0.5) is 5.13 Å². The SMILES string of the molecule is Cc1cn(C)nc1C(=O)Nc1nc(-c2ccccc2)c(-c2ccccc2)s1. The summed E-state index contributed by atoms with van der Waals surface area (Å²) in [5, 5.41) is 7.70. The van der Waals surface area contributed by atoms with Crippen LogP contribution in [0.2, 0.25) is 0 Å². The first-order chi connectivity index (χ1) is 13.1. The molecule has 6 heteroatoms. The van der Waals surface area contributed by atoms with Crippen LogP contribution in [-0.4, -0.2) is 20.7 Å². The van der Waals surface area contributed by atoms with E-state index in [4.69, 9.17) is 4.98 Å². The lowest BCUT2D eigenvalue weighted by molar-refractivity contribution is 0.102. The smallest absolute Gasteiger partial charge is 0.278 e. The predicted octanol–water partition coefficient (Wildman–Crippen LogP) is 4.77. The summed E-state index contributed by atoms with van der Waals surface area (Å²) in [4.78, 5) is 18.4. The summed E-state index contributed by atoms with van der Waals surface area (Å²) in [7, 11) is 1.80. The number of aryl methyl sites for hydroxylation is 2. The molecule has 27 heavy (non-hydrogen) atoms. The zero-order valence-electron chi connectivity index (χ0n) is 15.0. The second-order valence-corrected chi connectivity index (χ2v) is 7.22. The molecule has 2 heterocycles. The van der Waals surface area contributed by atoms with Gasteiger partial charge in [-0.3, -0.25) is 14.8 Å². The molecule has 2 aromatic heterocycles. The van der Waals surface area contributed by atoms with Gasteiger partial charge in [-0.05, 0) is 12.5 Å². The van der Waals surface area contributed by atoms with E-state index in [1.54, 1.807) is 11.7 Å². The third-order valence-electron chi connectivity index (χ3n) is 4.16. The second-order valence-electron chi connectivity index (χ2n) is 6.22. The molecule has 0 saturated carbocycles. The van der Waals surface area contributed by atoms with E-state index >= 15 is 0 Å². The van der Waals surface area contributed by atoms with E-state index in [2.05, 4.69) is 22.5 Å². The van der Waals surface area contributed by atoms with Gasteiger partial charge in [-0.25, -0.2) is 4.98 Å². The van der Waals surface area contributed by atoms with Gasteiger partial charge < -0.3 is 0 Å². The highest BCUT2D eigenvalue weighted by molar-refractivity contribution is 7.19. The van der Waals surface area contributed by atoms with Crippen LogP contribution in [0.25, 0.3) is 21.7 Å². The Labute approximate surface area is 161 Å². The number of nitrogens with one attached hydrogen (secondary N) is 1. The highest BCUT2D eigenvalue weighted by atomic mass is 32.1. The molecule has 5 nitrogen and oxygen atoms in total. The Bertz CT molecular complexity index is 1030. The van der Waals surface area contributed by atoms with Crippen LogP contribution < -0.4 is 5.32 Å². The van der Waals surface area contributed by atoms with E-state index in [0.29, 0.717) is 10.8 Å². The van der Waals surface area contributed by atoms with Crippen LogP contribution in [-0.2, 0) is 7.05 Å². The van der Waals surface area contributed by atoms with E-state index in [1.165, 1.54) is 11.3 Å². The maximum absolute atomic E-state index is 12.6. The van der Waals surface area contributed by atoms with Gasteiger partial charge in [0.2, 0.25) is 0 Å². The monoisotopic (exact) mass is 374 g/mol. The Morgan fingerprint density at radius 2 is 1.63 bits per heavy atom. The summed E-state index contributed by atoms with van der Waals surface area (Å²) in [6, 6.07) is 20.1. The molecular formula is C21H18N4OS. The molecule has 0 atom stereocenters. The molecular weight excluding hydrogens is 356 g/mol. The van der Waals surface area contributed by atoms with Gasteiger partial charge in [0.15, 0.2) is 10.8 Å². The zero-order valence-corrected chi connectivity index (χ0v) is 15.8. The van der Waals surface area contributed by atoms with Crippen molar-refractivity contribution in [1.82, 2.24) is 14.8 Å². The molecule has 0 fully saturated rings. The van der Waals surface area contributed by atoms with Crippen molar-refractivity contribution in [3.63, 3.8) is 0 Å². The first-order valence-electron chi connectivity index (χ1n) is 8.55. The van der Waals surface area contributed by atoms with Crippen LogP contribution >= 0.6 is 11.3 Å². The topological polar surface area (TPSA) is 59.8 Å². The van der Waals surface area contributed by atoms with Crippen molar-refractivity contribution in [2.24, 2.45) is 7.05 Å². The molecule has 134 valence electrons. The minimum absolute atomic E-state index is 0.249. The van der Waals surface area contributed by atoms with E-state index in [0.717, 1.165) is 27.3 Å². The Balaban J connectivity index is 1.73. The fourth-order valence-electron chi connectivity index (χ4n) is 2.94. The number of carbonyl (C=O) groups is 1. The van der Waals surface area contributed by atoms with Gasteiger partial charge in [0, 0.05) is 24.4 Å². The molecule has 0 radical (unpaired) electrons. The molecule has 0 bridgehead atoms. The molecule has 0 aliphatic carbocycles. The van der Waals surface area contributed by atoms with Crippen LogP contribution in [0.3, 0.4) is 0 Å². The van der Waals surface area contributed by atoms with Crippen molar-refractivity contribution in [3.05, 3.63) is 78.1 Å². The van der Waals surface area contributed by atoms with E-state index in [-0.39, 0.29) is 5.91 Å². The van der Waals surface area contributed by atoms with Crippen molar-refractivity contribution in [2.45, 2.75) is 6.92 Å². The van der Waals surface area contributed by atoms with Crippen LogP contribution in [0.1, 0.15) is 16.1 Å². The third-order valence-corrected chi connectivity index (χ3v) is 5.18. The summed E-state index contributed by atoms with van der Waals surface area (Å²) in [5.74, 6) is -0.249. The lowest BCUT2D eigenvalue weighted by atomic mass is 10.1. The number of hydrogen-bond donors (Lipinski definition) is 1. The van der Waals surface area contributed by atoms with Crippen LogP contribution in [0, 0.1) is 6.92 Å². The largest absolute Gasteiger partial charge is 0.296 e. The summed E-state index contributed by atoms with van der Waals surface area (Å²) in [6.45, 7) is 1.87. The minimum Gasteiger partial charge on any atom is -0.296 e. The summed E-state index contributed by atoms with van der Waals surface area (Å²) in [5.41, 5.74) is 4.19. The van der Waals surface area contributed by atoms with E-state index in [9.17, 15) is 4.79 Å². The van der Waals surface area contributed by atoms with Gasteiger partial charge in [-0.1, -0.05) is 72.0 Å². The molecule has 0 spiro atoms. The summed E-state index contributed by atoms with van der Waals surface area (Å²) >= 11 is 1.47. The quantitative estimate of drug-likeness (QED) is 0.560. The van der Waals surface area contributed by atoms with Gasteiger partial charge in [0.1, 0.15) is 0 Å². The Hall–Kier alpha value is -3.25. The molecule has 0 unspecified atom stereocenters. The highest BCUT2D eigenvalue weighted by Gasteiger charge is 2.19. The third kappa shape index (κ3) is 3.52. The average Bonchev–Trinajstić information content (AvgIpc) is 3.26. The number of rotatable bonds is 4. The molecule has 1 amide bonds. The lowest BCUT2D eigenvalue weighted by Gasteiger charge is -2.02. The van der Waals surface area contributed by atoms with Gasteiger partial charge >= 0.3 is 0 Å². The Morgan fingerprint density at radius 3 is 2.22 bits per heavy atom. The maximum Gasteiger partial charge on any atom is 0.278 e. The molecule has 4 rings (SSSR count). The van der Waals surface area contributed by atoms with Crippen molar-refractivity contribution in [3.8, 4) is 21.7 Å². The number of thiazole rings is 1. The lowest BCUT2D eigenvalue weighted by Crippen LogP contribution is -2.14. The Morgan fingerprint density at radius 1 is 1.00 bits per heavy atom. The van der Waals surface area contributed by atoms with Crippen molar-refractivity contribution in [2.75, 3.05) is 5.32 Å². The molecule has 0 aliphatic rings. The summed E-state index contributed by atoms with van der Waals surface area (Å²) in [6.07, 6.45) is 1.82. The van der Waals surface area contributed by atoms with Crippen molar-refractivity contribution < 1.29 is 4.79 Å². The number of nitrogens with zero attached hydrogens (tertiary/aromatic N) is 3. The molecule has 0 aliphatic heterocycles. The fraction of sp³-hybridized carbons (Fsp3) is 0.0952. The van der Waals surface area contributed by atoms with Crippen molar-refractivity contribution >= 4 is 22.4 Å². The minimum atomic E-state index is -0.249. The zero-order chi connectivity index (χ0) is 18.8. The van der Waals surface area contributed by atoms with E-state index in [1.807, 2.05) is 61.7 Å². The van der Waals surface area contributed by atoms with Gasteiger partial charge in [-0.15, -0.1) is 0 Å². The first-order valence-corrected chi connectivity index (χ1v) is 9.37. The second kappa shape index (κ2) is 7.17. The number of hydrogen-bond acceptors (Lipinski definition) is 4. The highest BCUT2D eigenvalue weighted by Crippen LogP contribution is 2.39. The number of amides is 1. The molecule has 1 N–H and O–H groups in total. The standard InChI is InChI=1S/C21H18N4OS/c1-14-13-25(2)24-17(14)20(26)23-21-22-18(15-9-5-3-6-10-15)19(27-21)16-11-7-4-8-12-16/h3-13H,1-2H3,(H,22,23,26). The van der Waals surface area contributed by atoms with E-state index < -0.39 is 0 Å². The van der Waals surface area contributed by atoms with Crippen LogP contribution in [0.15, 0.2) is 66.9 Å². The number of aromatic nitrogens is 3. The fourth-order valence-corrected chi connectivity index (χ4v) is 3.93. The van der Waals surface area contributed by atoms with Crippen LogP contribution in [0.5, 0.6) is 0 Å². The first kappa shape index (κ1) is 17.2. The number of carbonyl (C=O) groups excluding carboxylic acids is 1. The predicted molar refractivity (Wildman–Crippen MR) is 109 cm³/mol. The molecule has 0 saturated heterocycles. The number of anilines is 1. The molecule has 2 aromatic carbocycles. The number of benzene rings is 2. The van der Waals surface area contributed by atoms with Gasteiger partial charge in [-0.2, -0.15) is 5.10 Å². The summed E-state index contributed by atoms with van der Waals surface area (Å²) < 4.78 is 1.64. The normalized spacial score (nSPS) is 10.7. The van der Waals surface area contributed by atoms with Gasteiger partial charge in [0.05, 0.1) is 10.6 Å². The van der Waals surface area contributed by atoms with Crippen molar-refractivity contribution in [1.29, 1.82) is 0 Å². The molecule has 4 aromatic rings. The maximum atomic E-state index is 12.6. The Kier molecular flexibility index (Phi) is 4.56.